The van der Waals surface area contributed by atoms with Gasteiger partial charge in [0, 0.05) is 12.0 Å². The lowest BCUT2D eigenvalue weighted by Gasteiger charge is -2.03. The third kappa shape index (κ3) is 2.07. The van der Waals surface area contributed by atoms with Crippen LogP contribution in [-0.4, -0.2) is 5.78 Å². The summed E-state index contributed by atoms with van der Waals surface area (Å²) in [6.07, 6.45) is 0.380. The summed E-state index contributed by atoms with van der Waals surface area (Å²) in [5.74, 6) is -0.439. The Kier molecular flexibility index (Phi) is 3.04. The molecule has 0 N–H and O–H groups in total. The molecule has 0 bridgehead atoms. The molecular formula is C10H10ClFO. The van der Waals surface area contributed by atoms with Gasteiger partial charge in [0.2, 0.25) is 0 Å². The normalized spacial score (nSPS) is 10.2. The summed E-state index contributed by atoms with van der Waals surface area (Å²) >= 11 is 5.71. The van der Waals surface area contributed by atoms with Crippen molar-refractivity contribution in [1.29, 1.82) is 0 Å². The van der Waals surface area contributed by atoms with E-state index in [-0.39, 0.29) is 16.6 Å². The van der Waals surface area contributed by atoms with Crippen molar-refractivity contribution in [3.63, 3.8) is 0 Å². The highest BCUT2D eigenvalue weighted by atomic mass is 35.5. The summed E-state index contributed by atoms with van der Waals surface area (Å²) in [4.78, 5) is 11.3. The average molecular weight is 201 g/mol. The standard InChI is InChI=1S/C10H10ClFO/c1-3-10(13)7-4-6(2)9(12)5-8(7)11/h4-5H,3H2,1-2H3. The van der Waals surface area contributed by atoms with Crippen LogP contribution in [0.4, 0.5) is 4.39 Å². The molecule has 1 nitrogen and oxygen atoms in total. The molecule has 1 aromatic carbocycles. The summed E-state index contributed by atoms with van der Waals surface area (Å²) in [6, 6.07) is 2.67. The number of carbonyl (C=O) groups is 1. The first-order valence-electron chi connectivity index (χ1n) is 4.05. The van der Waals surface area contributed by atoms with Crippen LogP contribution in [0.2, 0.25) is 5.02 Å². The molecule has 0 radical (unpaired) electrons. The molecule has 0 aliphatic rings. The van der Waals surface area contributed by atoms with E-state index in [0.717, 1.165) is 0 Å². The minimum absolute atomic E-state index is 0.0619. The van der Waals surface area contributed by atoms with Crippen molar-refractivity contribution in [2.75, 3.05) is 0 Å². The van der Waals surface area contributed by atoms with Crippen molar-refractivity contribution in [3.05, 3.63) is 34.1 Å². The van der Waals surface area contributed by atoms with Gasteiger partial charge in [0.25, 0.3) is 0 Å². The molecule has 0 heterocycles. The zero-order valence-electron chi connectivity index (χ0n) is 7.53. The van der Waals surface area contributed by atoms with E-state index in [2.05, 4.69) is 0 Å². The van der Waals surface area contributed by atoms with Crippen LogP contribution in [0.15, 0.2) is 12.1 Å². The van der Waals surface area contributed by atoms with Crippen molar-refractivity contribution in [1.82, 2.24) is 0 Å². The Morgan fingerprint density at radius 2 is 2.15 bits per heavy atom. The molecular weight excluding hydrogens is 191 g/mol. The highest BCUT2D eigenvalue weighted by molar-refractivity contribution is 6.34. The van der Waals surface area contributed by atoms with Gasteiger partial charge in [0.05, 0.1) is 5.02 Å². The topological polar surface area (TPSA) is 17.1 Å². The first kappa shape index (κ1) is 10.2. The summed E-state index contributed by atoms with van der Waals surface area (Å²) in [5.41, 5.74) is 0.851. The zero-order chi connectivity index (χ0) is 10.0. The van der Waals surface area contributed by atoms with Crippen LogP contribution in [0.25, 0.3) is 0 Å². The molecule has 0 aliphatic carbocycles. The number of Topliss-reactive ketones (excluding diaryl/α,β-unsaturated/α-hetero) is 1. The third-order valence-corrected chi connectivity index (χ3v) is 2.18. The van der Waals surface area contributed by atoms with Crippen LogP contribution in [0.3, 0.4) is 0 Å². The van der Waals surface area contributed by atoms with Gasteiger partial charge in [-0.2, -0.15) is 0 Å². The SMILES string of the molecule is CCC(=O)c1cc(C)c(F)cc1Cl. The van der Waals surface area contributed by atoms with E-state index >= 15 is 0 Å². The van der Waals surface area contributed by atoms with E-state index in [1.165, 1.54) is 12.1 Å². The van der Waals surface area contributed by atoms with Gasteiger partial charge in [-0.25, -0.2) is 4.39 Å². The number of hydrogen-bond acceptors (Lipinski definition) is 1. The molecule has 0 unspecified atom stereocenters. The van der Waals surface area contributed by atoms with E-state index in [1.807, 2.05) is 0 Å². The smallest absolute Gasteiger partial charge is 0.164 e. The highest BCUT2D eigenvalue weighted by Gasteiger charge is 2.10. The Morgan fingerprint density at radius 3 is 2.69 bits per heavy atom. The Labute approximate surface area is 81.5 Å². The quantitative estimate of drug-likeness (QED) is 0.669. The predicted molar refractivity (Wildman–Crippen MR) is 50.8 cm³/mol. The highest BCUT2D eigenvalue weighted by Crippen LogP contribution is 2.21. The minimum Gasteiger partial charge on any atom is -0.294 e. The lowest BCUT2D eigenvalue weighted by atomic mass is 10.1. The number of ketones is 1. The molecule has 0 aliphatic heterocycles. The molecule has 0 atom stereocenters. The third-order valence-electron chi connectivity index (χ3n) is 1.87. The Balaban J connectivity index is 3.23. The minimum atomic E-state index is -0.377. The molecule has 1 rings (SSSR count). The summed E-state index contributed by atoms with van der Waals surface area (Å²) < 4.78 is 12.9. The first-order valence-corrected chi connectivity index (χ1v) is 4.43. The van der Waals surface area contributed by atoms with E-state index in [1.54, 1.807) is 13.8 Å². The van der Waals surface area contributed by atoms with Gasteiger partial charge in [-0.05, 0) is 24.6 Å². The van der Waals surface area contributed by atoms with Gasteiger partial charge in [0.15, 0.2) is 5.78 Å². The van der Waals surface area contributed by atoms with Crippen LogP contribution < -0.4 is 0 Å². The second kappa shape index (κ2) is 3.88. The fourth-order valence-electron chi connectivity index (χ4n) is 1.06. The van der Waals surface area contributed by atoms with Gasteiger partial charge in [-0.1, -0.05) is 18.5 Å². The maximum Gasteiger partial charge on any atom is 0.164 e. The zero-order valence-corrected chi connectivity index (χ0v) is 8.28. The van der Waals surface area contributed by atoms with Gasteiger partial charge in [-0.3, -0.25) is 4.79 Å². The fourth-order valence-corrected chi connectivity index (χ4v) is 1.32. The molecule has 70 valence electrons. The van der Waals surface area contributed by atoms with Crippen LogP contribution in [0, 0.1) is 12.7 Å². The van der Waals surface area contributed by atoms with Crippen molar-refractivity contribution in [2.24, 2.45) is 0 Å². The Bertz CT molecular complexity index is 347. The number of carbonyl (C=O) groups excluding carboxylic acids is 1. The van der Waals surface area contributed by atoms with Crippen LogP contribution in [0.1, 0.15) is 29.3 Å². The summed E-state index contributed by atoms with van der Waals surface area (Å²) in [5, 5.41) is 0.190. The number of aryl methyl sites for hydroxylation is 1. The lowest BCUT2D eigenvalue weighted by Crippen LogP contribution is -1.99. The number of rotatable bonds is 2. The van der Waals surface area contributed by atoms with E-state index in [9.17, 15) is 9.18 Å². The molecule has 3 heteroatoms. The molecule has 0 amide bonds. The van der Waals surface area contributed by atoms with E-state index in [4.69, 9.17) is 11.6 Å². The van der Waals surface area contributed by atoms with Crippen LogP contribution in [-0.2, 0) is 0 Å². The average Bonchev–Trinajstić information content (AvgIpc) is 2.10. The van der Waals surface area contributed by atoms with E-state index in [0.29, 0.717) is 17.5 Å². The molecule has 0 saturated heterocycles. The summed E-state index contributed by atoms with van der Waals surface area (Å²) in [6.45, 7) is 3.36. The molecule has 0 fully saturated rings. The largest absolute Gasteiger partial charge is 0.294 e. The van der Waals surface area contributed by atoms with Crippen LogP contribution >= 0.6 is 11.6 Å². The van der Waals surface area contributed by atoms with Gasteiger partial charge >= 0.3 is 0 Å². The molecule has 13 heavy (non-hydrogen) atoms. The molecule has 0 spiro atoms. The van der Waals surface area contributed by atoms with Crippen molar-refractivity contribution < 1.29 is 9.18 Å². The molecule has 0 saturated carbocycles. The maximum absolute atomic E-state index is 12.9. The number of halogens is 2. The van der Waals surface area contributed by atoms with Gasteiger partial charge in [-0.15, -0.1) is 0 Å². The van der Waals surface area contributed by atoms with Crippen molar-refractivity contribution in [2.45, 2.75) is 20.3 Å². The summed E-state index contributed by atoms with van der Waals surface area (Å²) in [7, 11) is 0. The maximum atomic E-state index is 12.9. The Morgan fingerprint density at radius 1 is 1.54 bits per heavy atom. The number of benzene rings is 1. The second-order valence-electron chi connectivity index (χ2n) is 2.86. The predicted octanol–water partition coefficient (Wildman–Crippen LogP) is 3.38. The number of hydrogen-bond donors (Lipinski definition) is 0. The first-order chi connectivity index (χ1) is 6.06. The molecule has 1 aromatic rings. The fraction of sp³-hybridized carbons (Fsp3) is 0.300. The Hall–Kier alpha value is -0.890. The lowest BCUT2D eigenvalue weighted by molar-refractivity contribution is 0.0988. The van der Waals surface area contributed by atoms with Crippen LogP contribution in [0.5, 0.6) is 0 Å². The molecule has 0 aromatic heterocycles. The van der Waals surface area contributed by atoms with Crippen molar-refractivity contribution >= 4 is 17.4 Å². The van der Waals surface area contributed by atoms with Crippen molar-refractivity contribution in [3.8, 4) is 0 Å². The van der Waals surface area contributed by atoms with E-state index < -0.39 is 0 Å². The van der Waals surface area contributed by atoms with Gasteiger partial charge in [0.1, 0.15) is 5.82 Å². The second-order valence-corrected chi connectivity index (χ2v) is 3.27. The van der Waals surface area contributed by atoms with Gasteiger partial charge < -0.3 is 0 Å². The monoisotopic (exact) mass is 200 g/mol.